The Morgan fingerprint density at radius 1 is 0.783 bits per heavy atom. The maximum Gasteiger partial charge on any atom is 0.0722 e. The summed E-state index contributed by atoms with van der Waals surface area (Å²) < 4.78 is 0. The minimum absolute atomic E-state index is 0.909. The molecule has 0 fully saturated rings. The van der Waals surface area contributed by atoms with E-state index in [-0.39, 0.29) is 0 Å². The van der Waals surface area contributed by atoms with E-state index in [0.29, 0.717) is 0 Å². The molecule has 112 valence electrons. The van der Waals surface area contributed by atoms with Crippen molar-refractivity contribution in [1.29, 1.82) is 0 Å². The normalized spacial score (nSPS) is 11.0. The van der Waals surface area contributed by atoms with Crippen molar-refractivity contribution >= 4 is 27.4 Å². The zero-order chi connectivity index (χ0) is 15.5. The van der Waals surface area contributed by atoms with E-state index in [9.17, 15) is 0 Å². The Morgan fingerprint density at radius 3 is 2.57 bits per heavy atom. The summed E-state index contributed by atoms with van der Waals surface area (Å²) in [5.74, 6) is 0. The van der Waals surface area contributed by atoms with Crippen molar-refractivity contribution in [2.24, 2.45) is 0 Å². The lowest BCUT2D eigenvalue weighted by atomic mass is 10.1. The highest BCUT2D eigenvalue weighted by Gasteiger charge is 2.01. The van der Waals surface area contributed by atoms with Gasteiger partial charge in [-0.2, -0.15) is 0 Å². The van der Waals surface area contributed by atoms with Gasteiger partial charge in [-0.25, -0.2) is 0 Å². The first-order chi connectivity index (χ1) is 11.4. The Morgan fingerprint density at radius 2 is 1.61 bits per heavy atom. The number of nitrogens with one attached hydrogen (secondary N) is 1. The van der Waals surface area contributed by atoms with Gasteiger partial charge in [-0.1, -0.05) is 60.7 Å². The highest BCUT2D eigenvalue weighted by atomic mass is 14.9. The highest BCUT2D eigenvalue weighted by molar-refractivity contribution is 5.90. The molecule has 0 atom stereocenters. The van der Waals surface area contributed by atoms with E-state index in [1.54, 1.807) is 0 Å². The zero-order valence-corrected chi connectivity index (χ0v) is 12.9. The van der Waals surface area contributed by atoms with Crippen molar-refractivity contribution in [3.8, 4) is 0 Å². The summed E-state index contributed by atoms with van der Waals surface area (Å²) in [4.78, 5) is 4.40. The van der Waals surface area contributed by atoms with Crippen LogP contribution in [0, 0.1) is 0 Å². The molecule has 0 amide bonds. The summed E-state index contributed by atoms with van der Waals surface area (Å²) in [6, 6.07) is 25.5. The molecule has 0 bridgehead atoms. The predicted molar refractivity (Wildman–Crippen MR) is 97.9 cm³/mol. The predicted octanol–water partition coefficient (Wildman–Crippen LogP) is 5.04. The van der Waals surface area contributed by atoms with Crippen molar-refractivity contribution in [2.75, 3.05) is 11.9 Å². The molecular weight excluding hydrogens is 280 g/mol. The zero-order valence-electron chi connectivity index (χ0n) is 12.9. The first kappa shape index (κ1) is 13.8. The topological polar surface area (TPSA) is 24.9 Å². The molecule has 1 heterocycles. The molecule has 23 heavy (non-hydrogen) atoms. The minimum Gasteiger partial charge on any atom is -0.384 e. The van der Waals surface area contributed by atoms with E-state index in [2.05, 4.69) is 64.9 Å². The van der Waals surface area contributed by atoms with Crippen LogP contribution >= 0.6 is 0 Å². The van der Waals surface area contributed by atoms with E-state index in [4.69, 9.17) is 0 Å². The maximum absolute atomic E-state index is 4.40. The Balaban J connectivity index is 1.50. The third-order valence-electron chi connectivity index (χ3n) is 4.19. The fraction of sp³-hybridized carbons (Fsp3) is 0.0952. The molecule has 2 nitrogen and oxygen atoms in total. The molecule has 0 saturated carbocycles. The van der Waals surface area contributed by atoms with E-state index in [1.807, 2.05) is 24.4 Å². The molecular formula is C21H18N2. The molecule has 4 rings (SSSR count). The van der Waals surface area contributed by atoms with E-state index in [1.165, 1.54) is 21.7 Å². The van der Waals surface area contributed by atoms with Crippen LogP contribution in [0.1, 0.15) is 5.56 Å². The number of anilines is 1. The van der Waals surface area contributed by atoms with Gasteiger partial charge in [0.15, 0.2) is 0 Å². The highest BCUT2D eigenvalue weighted by Crippen LogP contribution is 2.21. The Labute approximate surface area is 135 Å². The number of hydrogen-bond acceptors (Lipinski definition) is 2. The van der Waals surface area contributed by atoms with Crippen LogP contribution in [0.2, 0.25) is 0 Å². The average molecular weight is 298 g/mol. The number of hydrogen-bond donors (Lipinski definition) is 1. The quantitative estimate of drug-likeness (QED) is 0.571. The second-order valence-corrected chi connectivity index (χ2v) is 5.73. The third-order valence-corrected chi connectivity index (χ3v) is 4.19. The van der Waals surface area contributed by atoms with E-state index >= 15 is 0 Å². The van der Waals surface area contributed by atoms with Gasteiger partial charge in [-0.15, -0.1) is 0 Å². The Hall–Kier alpha value is -2.87. The molecule has 4 aromatic rings. The number of aromatic nitrogens is 1. The molecule has 0 unspecified atom stereocenters. The van der Waals surface area contributed by atoms with Gasteiger partial charge in [0, 0.05) is 23.8 Å². The average Bonchev–Trinajstić information content (AvgIpc) is 2.62. The molecule has 3 aromatic carbocycles. The standard InChI is InChI=1S/C21H18N2/c1-2-6-18-15-16(9-10-17(18)5-1)11-13-22-21-12-14-23-20-8-4-3-7-19(20)21/h1-10,12,14-15H,11,13H2,(H,22,23). The van der Waals surface area contributed by atoms with Gasteiger partial charge in [0.25, 0.3) is 0 Å². The summed E-state index contributed by atoms with van der Waals surface area (Å²) in [5.41, 5.74) is 3.54. The van der Waals surface area contributed by atoms with Gasteiger partial charge < -0.3 is 5.32 Å². The summed E-state index contributed by atoms with van der Waals surface area (Å²) in [6.45, 7) is 0.909. The minimum atomic E-state index is 0.909. The lowest BCUT2D eigenvalue weighted by molar-refractivity contribution is 1.02. The number of rotatable bonds is 4. The largest absolute Gasteiger partial charge is 0.384 e. The third kappa shape index (κ3) is 2.88. The second-order valence-electron chi connectivity index (χ2n) is 5.73. The monoisotopic (exact) mass is 298 g/mol. The first-order valence-electron chi connectivity index (χ1n) is 7.95. The van der Waals surface area contributed by atoms with Crippen LogP contribution in [-0.4, -0.2) is 11.5 Å². The molecule has 0 aliphatic carbocycles. The molecule has 0 radical (unpaired) electrons. The lowest BCUT2D eigenvalue weighted by Crippen LogP contribution is -2.05. The SMILES string of the molecule is c1ccc2cc(CCNc3ccnc4ccccc34)ccc2c1. The van der Waals surface area contributed by atoms with Crippen LogP contribution in [0.3, 0.4) is 0 Å². The van der Waals surface area contributed by atoms with Crippen LogP contribution in [0.4, 0.5) is 5.69 Å². The molecule has 0 saturated heterocycles. The van der Waals surface area contributed by atoms with Gasteiger partial charge in [0.05, 0.1) is 5.52 Å². The fourth-order valence-electron chi connectivity index (χ4n) is 2.99. The van der Waals surface area contributed by atoms with E-state index in [0.717, 1.165) is 24.2 Å². The van der Waals surface area contributed by atoms with E-state index < -0.39 is 0 Å². The lowest BCUT2D eigenvalue weighted by Gasteiger charge is -2.10. The van der Waals surface area contributed by atoms with Crippen molar-refractivity contribution in [3.63, 3.8) is 0 Å². The van der Waals surface area contributed by atoms with Crippen molar-refractivity contribution in [1.82, 2.24) is 4.98 Å². The van der Waals surface area contributed by atoms with Crippen LogP contribution in [0.25, 0.3) is 21.7 Å². The molecule has 0 aliphatic rings. The van der Waals surface area contributed by atoms with Crippen molar-refractivity contribution in [2.45, 2.75) is 6.42 Å². The number of nitrogens with zero attached hydrogens (tertiary/aromatic N) is 1. The number of para-hydroxylation sites is 1. The summed E-state index contributed by atoms with van der Waals surface area (Å²) >= 11 is 0. The van der Waals surface area contributed by atoms with Gasteiger partial charge in [-0.05, 0) is 34.9 Å². The summed E-state index contributed by atoms with van der Waals surface area (Å²) in [6.07, 6.45) is 2.86. The molecule has 1 aromatic heterocycles. The fourth-order valence-corrected chi connectivity index (χ4v) is 2.99. The van der Waals surface area contributed by atoms with Crippen LogP contribution in [0.5, 0.6) is 0 Å². The van der Waals surface area contributed by atoms with Crippen molar-refractivity contribution in [3.05, 3.63) is 84.6 Å². The van der Waals surface area contributed by atoms with Gasteiger partial charge >= 0.3 is 0 Å². The maximum atomic E-state index is 4.40. The van der Waals surface area contributed by atoms with Crippen LogP contribution < -0.4 is 5.32 Å². The number of benzene rings is 3. The summed E-state index contributed by atoms with van der Waals surface area (Å²) in [7, 11) is 0. The van der Waals surface area contributed by atoms with Gasteiger partial charge in [0.2, 0.25) is 0 Å². The second kappa shape index (κ2) is 6.09. The smallest absolute Gasteiger partial charge is 0.0722 e. The Bertz CT molecular complexity index is 954. The molecule has 0 spiro atoms. The van der Waals surface area contributed by atoms with Gasteiger partial charge in [0.1, 0.15) is 0 Å². The first-order valence-corrected chi connectivity index (χ1v) is 7.95. The number of pyridine rings is 1. The molecule has 1 N–H and O–H groups in total. The van der Waals surface area contributed by atoms with Crippen LogP contribution in [0.15, 0.2) is 79.0 Å². The molecule has 0 aliphatic heterocycles. The molecule has 2 heteroatoms. The van der Waals surface area contributed by atoms with Gasteiger partial charge in [-0.3, -0.25) is 4.98 Å². The number of fused-ring (bicyclic) bond motifs is 2. The van der Waals surface area contributed by atoms with Crippen molar-refractivity contribution < 1.29 is 0 Å². The summed E-state index contributed by atoms with van der Waals surface area (Å²) in [5, 5.41) is 7.32. The Kier molecular flexibility index (Phi) is 3.65. The van der Waals surface area contributed by atoms with Crippen LogP contribution in [-0.2, 0) is 6.42 Å².